The Hall–Kier alpha value is -2.06. The minimum atomic E-state index is 0.391. The number of nitrogens with one attached hydrogen (secondary N) is 3. The summed E-state index contributed by atoms with van der Waals surface area (Å²) in [5.74, 6) is 3.61. The van der Waals surface area contributed by atoms with Gasteiger partial charge in [-0.05, 0) is 18.9 Å². The van der Waals surface area contributed by atoms with Gasteiger partial charge in [0.25, 0.3) is 0 Å². The Labute approximate surface area is 112 Å². The van der Waals surface area contributed by atoms with Crippen LogP contribution in [0.5, 0.6) is 0 Å². The molecule has 5 nitrogen and oxygen atoms in total. The monoisotopic (exact) mass is 255 g/mol. The lowest BCUT2D eigenvalue weighted by molar-refractivity contribution is 0.383. The molecule has 0 amide bonds. The predicted molar refractivity (Wildman–Crippen MR) is 75.8 cm³/mol. The van der Waals surface area contributed by atoms with E-state index >= 15 is 0 Å². The number of H-pyrrole nitrogens is 1. The van der Waals surface area contributed by atoms with E-state index in [0.717, 1.165) is 42.7 Å². The predicted octanol–water partition coefficient (Wildman–Crippen LogP) is 1.51. The number of terminal acetylenes is 1. The second kappa shape index (κ2) is 5.29. The highest BCUT2D eigenvalue weighted by Gasteiger charge is 2.20. The highest BCUT2D eigenvalue weighted by Crippen LogP contribution is 2.20. The Morgan fingerprint density at radius 2 is 2.37 bits per heavy atom. The van der Waals surface area contributed by atoms with Crippen molar-refractivity contribution < 1.29 is 0 Å². The highest BCUT2D eigenvalue weighted by molar-refractivity contribution is 5.86. The zero-order valence-corrected chi connectivity index (χ0v) is 10.7. The molecule has 3 heterocycles. The normalized spacial score (nSPS) is 23.1. The SMILES string of the molecule is C#CCC1CC[C@@H](Nc2ncnc3[nH]ccc23)CN1. The number of anilines is 1. The second-order valence-electron chi connectivity index (χ2n) is 4.89. The number of rotatable bonds is 3. The summed E-state index contributed by atoms with van der Waals surface area (Å²) in [7, 11) is 0. The maximum atomic E-state index is 5.34. The van der Waals surface area contributed by atoms with E-state index in [1.54, 1.807) is 6.33 Å². The lowest BCUT2D eigenvalue weighted by Crippen LogP contribution is -2.44. The van der Waals surface area contributed by atoms with Crippen LogP contribution in [0.1, 0.15) is 19.3 Å². The Kier molecular flexibility index (Phi) is 3.34. The van der Waals surface area contributed by atoms with E-state index in [9.17, 15) is 0 Å². The molecule has 1 saturated heterocycles. The van der Waals surface area contributed by atoms with Gasteiger partial charge in [0, 0.05) is 31.2 Å². The van der Waals surface area contributed by atoms with E-state index in [1.165, 1.54) is 0 Å². The van der Waals surface area contributed by atoms with Crippen LogP contribution in [0.4, 0.5) is 5.82 Å². The molecule has 0 aliphatic carbocycles. The summed E-state index contributed by atoms with van der Waals surface area (Å²) in [6.45, 7) is 0.919. The lowest BCUT2D eigenvalue weighted by Gasteiger charge is -2.29. The molecule has 0 radical (unpaired) electrons. The molecular formula is C14H17N5. The number of fused-ring (bicyclic) bond motifs is 1. The van der Waals surface area contributed by atoms with E-state index in [-0.39, 0.29) is 0 Å². The summed E-state index contributed by atoms with van der Waals surface area (Å²) in [6.07, 6.45) is 11.8. The molecule has 2 aromatic heterocycles. The average molecular weight is 255 g/mol. The number of nitrogens with zero attached hydrogens (tertiary/aromatic N) is 2. The number of hydrogen-bond acceptors (Lipinski definition) is 4. The fourth-order valence-electron chi connectivity index (χ4n) is 2.54. The number of aromatic amines is 1. The van der Waals surface area contributed by atoms with E-state index in [4.69, 9.17) is 6.42 Å². The van der Waals surface area contributed by atoms with Gasteiger partial charge in [0.15, 0.2) is 0 Å². The van der Waals surface area contributed by atoms with Crippen LogP contribution >= 0.6 is 0 Å². The van der Waals surface area contributed by atoms with Gasteiger partial charge in [0.1, 0.15) is 17.8 Å². The molecule has 3 N–H and O–H groups in total. The number of aromatic nitrogens is 3. The summed E-state index contributed by atoms with van der Waals surface area (Å²) in [5, 5.41) is 8.00. The van der Waals surface area contributed by atoms with E-state index in [1.807, 2.05) is 12.3 Å². The van der Waals surface area contributed by atoms with Crippen LogP contribution in [0.2, 0.25) is 0 Å². The van der Waals surface area contributed by atoms with Crippen LogP contribution in [0.15, 0.2) is 18.6 Å². The molecule has 3 rings (SSSR count). The Balaban J connectivity index is 1.67. The van der Waals surface area contributed by atoms with Gasteiger partial charge in [-0.3, -0.25) is 0 Å². The van der Waals surface area contributed by atoms with Gasteiger partial charge in [0.2, 0.25) is 0 Å². The first-order valence-electron chi connectivity index (χ1n) is 6.58. The molecule has 1 unspecified atom stereocenters. The van der Waals surface area contributed by atoms with Gasteiger partial charge < -0.3 is 15.6 Å². The molecule has 5 heteroatoms. The molecule has 19 heavy (non-hydrogen) atoms. The van der Waals surface area contributed by atoms with E-state index in [2.05, 4.69) is 31.5 Å². The van der Waals surface area contributed by atoms with Crippen molar-refractivity contribution in [2.24, 2.45) is 0 Å². The maximum absolute atomic E-state index is 5.34. The molecule has 0 aromatic carbocycles. The van der Waals surface area contributed by atoms with Crippen molar-refractivity contribution in [1.29, 1.82) is 0 Å². The third kappa shape index (κ3) is 2.54. The summed E-state index contributed by atoms with van der Waals surface area (Å²) in [5.41, 5.74) is 0.867. The molecule has 1 fully saturated rings. The third-order valence-corrected chi connectivity index (χ3v) is 3.58. The van der Waals surface area contributed by atoms with Crippen molar-refractivity contribution in [2.75, 3.05) is 11.9 Å². The molecule has 0 bridgehead atoms. The molecule has 0 saturated carbocycles. The zero-order chi connectivity index (χ0) is 13.1. The van der Waals surface area contributed by atoms with Crippen LogP contribution < -0.4 is 10.6 Å². The van der Waals surface area contributed by atoms with Gasteiger partial charge in [-0.25, -0.2) is 9.97 Å². The van der Waals surface area contributed by atoms with Crippen LogP contribution in [-0.2, 0) is 0 Å². The number of hydrogen-bond donors (Lipinski definition) is 3. The fraction of sp³-hybridized carbons (Fsp3) is 0.429. The van der Waals surface area contributed by atoms with Crippen molar-refractivity contribution in [3.63, 3.8) is 0 Å². The van der Waals surface area contributed by atoms with Crippen LogP contribution in [0.3, 0.4) is 0 Å². The van der Waals surface area contributed by atoms with Crippen LogP contribution in [0, 0.1) is 12.3 Å². The first-order chi connectivity index (χ1) is 9.36. The van der Waals surface area contributed by atoms with Gasteiger partial charge in [-0.1, -0.05) is 0 Å². The minimum Gasteiger partial charge on any atom is -0.365 e. The van der Waals surface area contributed by atoms with Crippen molar-refractivity contribution in [3.05, 3.63) is 18.6 Å². The summed E-state index contributed by atoms with van der Waals surface area (Å²) in [4.78, 5) is 11.6. The van der Waals surface area contributed by atoms with Crippen molar-refractivity contribution >= 4 is 16.9 Å². The topological polar surface area (TPSA) is 65.6 Å². The summed E-state index contributed by atoms with van der Waals surface area (Å²) >= 11 is 0. The quantitative estimate of drug-likeness (QED) is 0.727. The highest BCUT2D eigenvalue weighted by atomic mass is 15.1. The van der Waals surface area contributed by atoms with Gasteiger partial charge in [0.05, 0.1) is 5.39 Å². The molecular weight excluding hydrogens is 238 g/mol. The molecule has 0 spiro atoms. The van der Waals surface area contributed by atoms with Crippen molar-refractivity contribution in [3.8, 4) is 12.3 Å². The fourth-order valence-corrected chi connectivity index (χ4v) is 2.54. The van der Waals surface area contributed by atoms with Gasteiger partial charge in [-0.15, -0.1) is 12.3 Å². The first-order valence-corrected chi connectivity index (χ1v) is 6.58. The summed E-state index contributed by atoms with van der Waals surface area (Å²) in [6, 6.07) is 2.84. The Morgan fingerprint density at radius 1 is 1.42 bits per heavy atom. The first kappa shape index (κ1) is 12.0. The maximum Gasteiger partial charge on any atom is 0.142 e. The largest absolute Gasteiger partial charge is 0.365 e. The standard InChI is InChI=1S/C14H17N5/c1-2-3-10-4-5-11(8-16-10)19-14-12-6-7-15-13(12)17-9-18-14/h1,6-7,9-11,16H,3-5,8H2,(H2,15,17,18,19)/t10?,11-/m1/s1. The zero-order valence-electron chi connectivity index (χ0n) is 10.7. The molecule has 2 aromatic rings. The third-order valence-electron chi connectivity index (χ3n) is 3.58. The molecule has 1 aliphatic rings. The molecule has 2 atom stereocenters. The minimum absolute atomic E-state index is 0.391. The van der Waals surface area contributed by atoms with Crippen molar-refractivity contribution in [1.82, 2.24) is 20.3 Å². The lowest BCUT2D eigenvalue weighted by atomic mass is 9.99. The van der Waals surface area contributed by atoms with Crippen LogP contribution in [-0.4, -0.2) is 33.6 Å². The van der Waals surface area contributed by atoms with Crippen LogP contribution in [0.25, 0.3) is 11.0 Å². The number of piperidine rings is 1. The second-order valence-corrected chi connectivity index (χ2v) is 4.89. The van der Waals surface area contributed by atoms with E-state index < -0.39 is 0 Å². The molecule has 98 valence electrons. The molecule has 1 aliphatic heterocycles. The van der Waals surface area contributed by atoms with E-state index in [0.29, 0.717) is 12.1 Å². The van der Waals surface area contributed by atoms with Gasteiger partial charge >= 0.3 is 0 Å². The van der Waals surface area contributed by atoms with Crippen molar-refractivity contribution in [2.45, 2.75) is 31.3 Å². The smallest absolute Gasteiger partial charge is 0.142 e. The average Bonchev–Trinajstić information content (AvgIpc) is 2.91. The summed E-state index contributed by atoms with van der Waals surface area (Å²) < 4.78 is 0. The Morgan fingerprint density at radius 3 is 3.16 bits per heavy atom. The Bertz CT molecular complexity index is 589. The van der Waals surface area contributed by atoms with Gasteiger partial charge in [-0.2, -0.15) is 0 Å².